The summed E-state index contributed by atoms with van der Waals surface area (Å²) in [7, 11) is 1.97. The first-order chi connectivity index (χ1) is 15.6. The second-order valence-corrected chi connectivity index (χ2v) is 8.26. The Morgan fingerprint density at radius 1 is 1.15 bits per heavy atom. The fourth-order valence-electron chi connectivity index (χ4n) is 4.03. The first-order valence-electron chi connectivity index (χ1n) is 11.3. The van der Waals surface area contributed by atoms with Gasteiger partial charge in [0.05, 0.1) is 13.2 Å². The molecule has 10 heteroatoms. The van der Waals surface area contributed by atoms with Crippen molar-refractivity contribution in [1.29, 1.82) is 0 Å². The lowest BCUT2D eigenvalue weighted by Gasteiger charge is -2.26. The summed E-state index contributed by atoms with van der Waals surface area (Å²) in [6.07, 6.45) is 3.03. The Kier molecular flexibility index (Phi) is 9.51. The minimum Gasteiger partial charge on any atom is -0.379 e. The van der Waals surface area contributed by atoms with E-state index >= 15 is 0 Å². The molecule has 0 amide bonds. The maximum Gasteiger partial charge on any atom is 0.191 e. The summed E-state index contributed by atoms with van der Waals surface area (Å²) in [5.74, 6) is 2.54. The smallest absolute Gasteiger partial charge is 0.191 e. The molecule has 0 atom stereocenters. The molecule has 180 valence electrons. The predicted octanol–water partition coefficient (Wildman–Crippen LogP) is 2.14. The molecular weight excluding hydrogens is 531 g/mol. The van der Waals surface area contributed by atoms with Crippen molar-refractivity contribution in [2.45, 2.75) is 26.8 Å². The summed E-state index contributed by atoms with van der Waals surface area (Å²) in [4.78, 5) is 10.6. The Hall–Kier alpha value is -2.18. The minimum atomic E-state index is 0. The molecule has 0 saturated carbocycles. The van der Waals surface area contributed by atoms with Crippen LogP contribution in [0.2, 0.25) is 0 Å². The van der Waals surface area contributed by atoms with E-state index in [1.807, 2.05) is 18.5 Å². The molecule has 1 aromatic carbocycles. The second kappa shape index (κ2) is 12.3. The van der Waals surface area contributed by atoms with Crippen molar-refractivity contribution >= 4 is 40.8 Å². The van der Waals surface area contributed by atoms with Gasteiger partial charge in [-0.15, -0.1) is 34.2 Å². The summed E-state index contributed by atoms with van der Waals surface area (Å²) >= 11 is 0. The monoisotopic (exact) mass is 566 g/mol. The minimum absolute atomic E-state index is 0. The summed E-state index contributed by atoms with van der Waals surface area (Å²) < 4.78 is 7.42. The zero-order valence-electron chi connectivity index (χ0n) is 19.7. The number of aliphatic imine (C=N–C) groups is 1. The number of nitrogens with one attached hydrogen (secondary N) is 3. The Bertz CT molecular complexity index is 1050. The van der Waals surface area contributed by atoms with E-state index in [0.29, 0.717) is 6.54 Å². The van der Waals surface area contributed by atoms with Crippen LogP contribution >= 0.6 is 24.0 Å². The van der Waals surface area contributed by atoms with Gasteiger partial charge in [-0.2, -0.15) is 0 Å². The van der Waals surface area contributed by atoms with Gasteiger partial charge in [0.15, 0.2) is 11.8 Å². The van der Waals surface area contributed by atoms with Gasteiger partial charge in [0, 0.05) is 56.9 Å². The van der Waals surface area contributed by atoms with Crippen molar-refractivity contribution in [3.05, 3.63) is 47.2 Å². The van der Waals surface area contributed by atoms with Crippen molar-refractivity contribution in [2.75, 3.05) is 45.9 Å². The van der Waals surface area contributed by atoms with E-state index in [0.717, 1.165) is 70.0 Å². The van der Waals surface area contributed by atoms with Crippen LogP contribution in [-0.4, -0.2) is 76.5 Å². The fourth-order valence-corrected chi connectivity index (χ4v) is 4.03. The molecule has 3 N–H and O–H groups in total. The standard InChI is InChI=1S/C23H34N8O.HI/c1-17-5-4-6-20-22(17)19(15-26-20)7-8-24-23(25-9-10-31-11-13-32-14-12-31)27-16-21-29-28-18(2)30(21)3;/h4-6,15,26H,7-14,16H2,1-3H3,(H2,24,25,27);1H. The summed E-state index contributed by atoms with van der Waals surface area (Å²) in [5, 5.41) is 16.7. The Balaban J connectivity index is 0.00000306. The lowest BCUT2D eigenvalue weighted by molar-refractivity contribution is 0.0389. The molecular formula is C23H35IN8O. The third-order valence-corrected chi connectivity index (χ3v) is 6.07. The van der Waals surface area contributed by atoms with Crippen LogP contribution < -0.4 is 10.6 Å². The average molecular weight is 566 g/mol. The number of aromatic nitrogens is 4. The molecule has 0 spiro atoms. The van der Waals surface area contributed by atoms with Gasteiger partial charge in [0.1, 0.15) is 12.4 Å². The summed E-state index contributed by atoms with van der Waals surface area (Å²) in [6, 6.07) is 6.38. The quantitative estimate of drug-likeness (QED) is 0.220. The van der Waals surface area contributed by atoms with Crippen LogP contribution in [-0.2, 0) is 24.8 Å². The van der Waals surface area contributed by atoms with Crippen molar-refractivity contribution in [1.82, 2.24) is 35.3 Å². The van der Waals surface area contributed by atoms with E-state index in [4.69, 9.17) is 9.73 Å². The maximum atomic E-state index is 5.44. The first kappa shape index (κ1) is 25.4. The average Bonchev–Trinajstić information content (AvgIpc) is 3.36. The van der Waals surface area contributed by atoms with Gasteiger partial charge in [-0.05, 0) is 37.5 Å². The second-order valence-electron chi connectivity index (χ2n) is 8.26. The molecule has 0 bridgehead atoms. The van der Waals surface area contributed by atoms with E-state index in [-0.39, 0.29) is 24.0 Å². The van der Waals surface area contributed by atoms with Crippen molar-refractivity contribution < 1.29 is 4.74 Å². The van der Waals surface area contributed by atoms with E-state index < -0.39 is 0 Å². The third kappa shape index (κ3) is 6.67. The number of morpholine rings is 1. The van der Waals surface area contributed by atoms with Crippen LogP contribution in [0.1, 0.15) is 22.8 Å². The number of aryl methyl sites for hydroxylation is 2. The Morgan fingerprint density at radius 2 is 1.94 bits per heavy atom. The van der Waals surface area contributed by atoms with Crippen LogP contribution in [0.5, 0.6) is 0 Å². The predicted molar refractivity (Wildman–Crippen MR) is 142 cm³/mol. The molecule has 1 aliphatic heterocycles. The molecule has 1 saturated heterocycles. The highest BCUT2D eigenvalue weighted by molar-refractivity contribution is 14.0. The fraction of sp³-hybridized carbons (Fsp3) is 0.522. The first-order valence-corrected chi connectivity index (χ1v) is 11.3. The van der Waals surface area contributed by atoms with E-state index in [1.54, 1.807) is 0 Å². The molecule has 0 radical (unpaired) electrons. The van der Waals surface area contributed by atoms with Crippen LogP contribution in [0.25, 0.3) is 10.9 Å². The topological polar surface area (TPSA) is 95.4 Å². The number of guanidine groups is 1. The molecule has 2 aromatic heterocycles. The van der Waals surface area contributed by atoms with Gasteiger partial charge < -0.3 is 24.9 Å². The summed E-state index contributed by atoms with van der Waals surface area (Å²) in [5.41, 5.74) is 3.81. The number of nitrogens with zero attached hydrogens (tertiary/aromatic N) is 5. The van der Waals surface area contributed by atoms with Gasteiger partial charge in [-0.3, -0.25) is 4.90 Å². The van der Waals surface area contributed by atoms with Gasteiger partial charge in [0.2, 0.25) is 0 Å². The van der Waals surface area contributed by atoms with E-state index in [1.165, 1.54) is 22.0 Å². The third-order valence-electron chi connectivity index (χ3n) is 6.07. The van der Waals surface area contributed by atoms with Crippen molar-refractivity contribution in [3.8, 4) is 0 Å². The van der Waals surface area contributed by atoms with Crippen molar-refractivity contribution in [3.63, 3.8) is 0 Å². The van der Waals surface area contributed by atoms with Crippen LogP contribution in [0.4, 0.5) is 0 Å². The molecule has 0 aliphatic carbocycles. The van der Waals surface area contributed by atoms with Crippen LogP contribution in [0.3, 0.4) is 0 Å². The van der Waals surface area contributed by atoms with Gasteiger partial charge >= 0.3 is 0 Å². The number of fused-ring (bicyclic) bond motifs is 1. The lowest BCUT2D eigenvalue weighted by Crippen LogP contribution is -2.44. The highest BCUT2D eigenvalue weighted by Gasteiger charge is 2.11. The van der Waals surface area contributed by atoms with Gasteiger partial charge in [-0.25, -0.2) is 4.99 Å². The van der Waals surface area contributed by atoms with Gasteiger partial charge in [-0.1, -0.05) is 12.1 Å². The van der Waals surface area contributed by atoms with Gasteiger partial charge in [0.25, 0.3) is 0 Å². The molecule has 3 aromatic rings. The van der Waals surface area contributed by atoms with E-state index in [9.17, 15) is 0 Å². The van der Waals surface area contributed by atoms with Crippen LogP contribution in [0, 0.1) is 13.8 Å². The summed E-state index contributed by atoms with van der Waals surface area (Å²) in [6.45, 7) is 10.8. The SMILES string of the molecule is Cc1cccc2[nH]cc(CCNC(=NCc3nnc(C)n3C)NCCN3CCOCC3)c12.I. The Labute approximate surface area is 212 Å². The highest BCUT2D eigenvalue weighted by atomic mass is 127. The number of H-pyrrole nitrogens is 1. The molecule has 4 rings (SSSR count). The molecule has 33 heavy (non-hydrogen) atoms. The number of hydrogen-bond acceptors (Lipinski definition) is 5. The number of hydrogen-bond donors (Lipinski definition) is 3. The Morgan fingerprint density at radius 3 is 2.70 bits per heavy atom. The van der Waals surface area contributed by atoms with E-state index in [2.05, 4.69) is 62.0 Å². The molecule has 1 aliphatic rings. The lowest BCUT2D eigenvalue weighted by atomic mass is 10.1. The number of ether oxygens (including phenoxy) is 1. The highest BCUT2D eigenvalue weighted by Crippen LogP contribution is 2.22. The molecule has 3 heterocycles. The van der Waals surface area contributed by atoms with Crippen LogP contribution in [0.15, 0.2) is 29.4 Å². The maximum absolute atomic E-state index is 5.44. The molecule has 1 fully saturated rings. The molecule has 9 nitrogen and oxygen atoms in total. The number of rotatable bonds is 8. The zero-order chi connectivity index (χ0) is 22.3. The number of benzene rings is 1. The number of halogens is 1. The largest absolute Gasteiger partial charge is 0.379 e. The normalized spacial score (nSPS) is 14.9. The molecule has 0 unspecified atom stereocenters. The zero-order valence-corrected chi connectivity index (χ0v) is 22.1. The number of aromatic amines is 1. The van der Waals surface area contributed by atoms with Crippen molar-refractivity contribution in [2.24, 2.45) is 12.0 Å².